The van der Waals surface area contributed by atoms with E-state index in [1.807, 2.05) is 6.92 Å². The molecule has 3 N–H and O–H groups in total. The summed E-state index contributed by atoms with van der Waals surface area (Å²) >= 11 is 9.23. The van der Waals surface area contributed by atoms with E-state index in [0.29, 0.717) is 10.4 Å². The second kappa shape index (κ2) is 5.33. The lowest BCUT2D eigenvalue weighted by Crippen LogP contribution is -2.53. The minimum absolute atomic E-state index is 0.0667. The minimum Gasteiger partial charge on any atom is -0.329 e. The molecule has 1 aliphatic rings. The van der Waals surface area contributed by atoms with Gasteiger partial charge in [-0.05, 0) is 53.7 Å². The van der Waals surface area contributed by atoms with Crippen molar-refractivity contribution in [3.8, 4) is 0 Å². The number of sulfonamides is 1. The van der Waals surface area contributed by atoms with Gasteiger partial charge < -0.3 is 5.73 Å². The molecule has 1 aromatic rings. The Labute approximate surface area is 126 Å². The van der Waals surface area contributed by atoms with Crippen LogP contribution in [0.15, 0.2) is 27.6 Å². The summed E-state index contributed by atoms with van der Waals surface area (Å²) < 4.78 is 28.2. The summed E-state index contributed by atoms with van der Waals surface area (Å²) in [7, 11) is -3.71. The fraction of sp³-hybridized carbons (Fsp3) is 0.500. The van der Waals surface area contributed by atoms with Gasteiger partial charge in [0, 0.05) is 16.6 Å². The van der Waals surface area contributed by atoms with Gasteiger partial charge in [0.1, 0.15) is 4.90 Å². The highest BCUT2D eigenvalue weighted by Crippen LogP contribution is 2.40. The maximum Gasteiger partial charge on any atom is 0.243 e. The molecule has 1 fully saturated rings. The first-order valence-corrected chi connectivity index (χ1v) is 8.63. The largest absolute Gasteiger partial charge is 0.329 e. The highest BCUT2D eigenvalue weighted by molar-refractivity contribution is 9.10. The van der Waals surface area contributed by atoms with Gasteiger partial charge >= 0.3 is 0 Å². The Morgan fingerprint density at radius 3 is 2.63 bits per heavy atom. The average molecular weight is 368 g/mol. The number of halogens is 2. The van der Waals surface area contributed by atoms with Crippen LogP contribution in [0, 0.1) is 5.92 Å². The molecule has 106 valence electrons. The van der Waals surface area contributed by atoms with Crippen molar-refractivity contribution in [2.24, 2.45) is 11.7 Å². The molecule has 0 spiro atoms. The third kappa shape index (κ3) is 3.13. The molecule has 1 atom stereocenters. The van der Waals surface area contributed by atoms with Crippen LogP contribution in [0.3, 0.4) is 0 Å². The van der Waals surface area contributed by atoms with Gasteiger partial charge in [-0.3, -0.25) is 0 Å². The molecule has 0 amide bonds. The van der Waals surface area contributed by atoms with Crippen LogP contribution in [-0.4, -0.2) is 20.5 Å². The summed E-state index contributed by atoms with van der Waals surface area (Å²) in [6.45, 7) is 2.10. The zero-order valence-corrected chi connectivity index (χ0v) is 13.6. The molecule has 0 heterocycles. The molecule has 1 saturated carbocycles. The van der Waals surface area contributed by atoms with Crippen molar-refractivity contribution in [1.29, 1.82) is 0 Å². The Morgan fingerprint density at radius 2 is 2.16 bits per heavy atom. The monoisotopic (exact) mass is 366 g/mol. The normalized spacial score (nSPS) is 19.2. The summed E-state index contributed by atoms with van der Waals surface area (Å²) in [5.41, 5.74) is 5.12. The summed E-state index contributed by atoms with van der Waals surface area (Å²) in [5.74, 6) is 0.300. The third-order valence-electron chi connectivity index (χ3n) is 3.46. The Hall–Kier alpha value is -0.140. The predicted octanol–water partition coefficient (Wildman–Crippen LogP) is 2.51. The van der Waals surface area contributed by atoms with E-state index in [0.717, 1.165) is 12.8 Å². The molecule has 1 aromatic carbocycles. The van der Waals surface area contributed by atoms with Gasteiger partial charge in [0.2, 0.25) is 10.0 Å². The quantitative estimate of drug-likeness (QED) is 0.840. The smallest absolute Gasteiger partial charge is 0.243 e. The van der Waals surface area contributed by atoms with Crippen LogP contribution in [0.4, 0.5) is 0 Å². The van der Waals surface area contributed by atoms with E-state index in [-0.39, 0.29) is 16.5 Å². The zero-order valence-electron chi connectivity index (χ0n) is 10.5. The number of hydrogen-bond donors (Lipinski definition) is 2. The second-order valence-electron chi connectivity index (χ2n) is 5.05. The SMILES string of the molecule is CC(CN)(NS(=O)(=O)c1c(Cl)cccc1Br)C1CC1. The number of hydrogen-bond acceptors (Lipinski definition) is 3. The Kier molecular flexibility index (Phi) is 4.28. The molecule has 19 heavy (non-hydrogen) atoms. The number of benzene rings is 1. The van der Waals surface area contributed by atoms with E-state index < -0.39 is 15.6 Å². The highest BCUT2D eigenvalue weighted by atomic mass is 79.9. The molecule has 0 bridgehead atoms. The maximum atomic E-state index is 12.5. The van der Waals surface area contributed by atoms with Crippen LogP contribution in [0.25, 0.3) is 0 Å². The maximum absolute atomic E-state index is 12.5. The zero-order chi connectivity index (χ0) is 14.3. The molecule has 1 unspecified atom stereocenters. The first-order chi connectivity index (χ1) is 8.80. The van der Waals surface area contributed by atoms with Gasteiger partial charge in [-0.1, -0.05) is 17.7 Å². The summed E-state index contributed by atoms with van der Waals surface area (Å²) in [4.78, 5) is 0.0667. The van der Waals surface area contributed by atoms with E-state index in [2.05, 4.69) is 20.7 Å². The number of rotatable bonds is 5. The molecule has 4 nitrogen and oxygen atoms in total. The van der Waals surface area contributed by atoms with Crippen LogP contribution >= 0.6 is 27.5 Å². The van der Waals surface area contributed by atoms with Crippen LogP contribution in [0.1, 0.15) is 19.8 Å². The molecular formula is C12H16BrClN2O2S. The van der Waals surface area contributed by atoms with E-state index in [9.17, 15) is 8.42 Å². The van der Waals surface area contributed by atoms with Gasteiger partial charge in [-0.25, -0.2) is 13.1 Å². The molecule has 0 aliphatic heterocycles. The van der Waals surface area contributed by atoms with Gasteiger partial charge in [-0.2, -0.15) is 0 Å². The summed E-state index contributed by atoms with van der Waals surface area (Å²) in [6, 6.07) is 4.89. The van der Waals surface area contributed by atoms with Gasteiger partial charge in [0.05, 0.1) is 5.02 Å². The molecule has 1 aliphatic carbocycles. The van der Waals surface area contributed by atoms with Crippen molar-refractivity contribution < 1.29 is 8.42 Å². The fourth-order valence-corrected chi connectivity index (χ4v) is 5.32. The van der Waals surface area contributed by atoms with Gasteiger partial charge in [0.15, 0.2) is 0 Å². The van der Waals surface area contributed by atoms with Crippen LogP contribution in [0.5, 0.6) is 0 Å². The van der Waals surface area contributed by atoms with E-state index in [1.165, 1.54) is 0 Å². The van der Waals surface area contributed by atoms with Crippen molar-refractivity contribution in [2.75, 3.05) is 6.54 Å². The molecule has 0 aromatic heterocycles. The van der Waals surface area contributed by atoms with Crippen LogP contribution in [-0.2, 0) is 10.0 Å². The summed E-state index contributed by atoms with van der Waals surface area (Å²) in [6.07, 6.45) is 2.00. The highest BCUT2D eigenvalue weighted by Gasteiger charge is 2.43. The molecule has 2 rings (SSSR count). The molecule has 7 heteroatoms. The Bertz CT molecular complexity index is 569. The lowest BCUT2D eigenvalue weighted by Gasteiger charge is -2.29. The van der Waals surface area contributed by atoms with Crippen molar-refractivity contribution in [1.82, 2.24) is 4.72 Å². The van der Waals surface area contributed by atoms with Crippen molar-refractivity contribution >= 4 is 37.6 Å². The van der Waals surface area contributed by atoms with Crippen molar-refractivity contribution in [2.45, 2.75) is 30.2 Å². The Balaban J connectivity index is 2.38. The third-order valence-corrected chi connectivity index (χ3v) is 6.52. The lowest BCUT2D eigenvalue weighted by atomic mass is 9.98. The second-order valence-corrected chi connectivity index (χ2v) is 7.93. The summed E-state index contributed by atoms with van der Waals surface area (Å²) in [5, 5.41) is 0.192. The minimum atomic E-state index is -3.71. The van der Waals surface area contributed by atoms with Crippen molar-refractivity contribution in [3.05, 3.63) is 27.7 Å². The molecule has 0 radical (unpaired) electrons. The van der Waals surface area contributed by atoms with E-state index in [4.69, 9.17) is 17.3 Å². The van der Waals surface area contributed by atoms with Crippen LogP contribution < -0.4 is 10.5 Å². The van der Waals surface area contributed by atoms with Crippen molar-refractivity contribution in [3.63, 3.8) is 0 Å². The number of nitrogens with two attached hydrogens (primary N) is 1. The standard InChI is InChI=1S/C12H16BrClN2O2S/c1-12(7-15,8-5-6-8)16-19(17,18)11-9(13)3-2-4-10(11)14/h2-4,8,16H,5-7,15H2,1H3. The molecule has 0 saturated heterocycles. The Morgan fingerprint density at radius 1 is 1.53 bits per heavy atom. The lowest BCUT2D eigenvalue weighted by molar-refractivity contribution is 0.374. The number of nitrogens with one attached hydrogen (secondary N) is 1. The predicted molar refractivity (Wildman–Crippen MR) is 79.7 cm³/mol. The average Bonchev–Trinajstić information content (AvgIpc) is 3.11. The van der Waals surface area contributed by atoms with Gasteiger partial charge in [-0.15, -0.1) is 0 Å². The molecular weight excluding hydrogens is 352 g/mol. The topological polar surface area (TPSA) is 72.2 Å². The van der Waals surface area contributed by atoms with Crippen LogP contribution in [0.2, 0.25) is 5.02 Å². The first kappa shape index (κ1) is 15.3. The first-order valence-electron chi connectivity index (χ1n) is 5.98. The van der Waals surface area contributed by atoms with Gasteiger partial charge in [0.25, 0.3) is 0 Å². The van der Waals surface area contributed by atoms with E-state index in [1.54, 1.807) is 18.2 Å². The van der Waals surface area contributed by atoms with E-state index >= 15 is 0 Å². The fourth-order valence-electron chi connectivity index (χ4n) is 2.11.